The summed E-state index contributed by atoms with van der Waals surface area (Å²) >= 11 is 0. The van der Waals surface area contributed by atoms with Crippen molar-refractivity contribution in [1.82, 2.24) is 4.98 Å². The predicted molar refractivity (Wildman–Crippen MR) is 62.8 cm³/mol. The fraction of sp³-hybridized carbons (Fsp3) is 0.500. The summed E-state index contributed by atoms with van der Waals surface area (Å²) in [6, 6.07) is 3.88. The second-order valence-corrected chi connectivity index (χ2v) is 4.34. The Balaban J connectivity index is 1.89. The van der Waals surface area contributed by atoms with Crippen LogP contribution < -0.4 is 11.1 Å². The van der Waals surface area contributed by atoms with Crippen molar-refractivity contribution in [3.8, 4) is 0 Å². The Morgan fingerprint density at radius 1 is 1.25 bits per heavy atom. The van der Waals surface area contributed by atoms with Gasteiger partial charge in [0, 0.05) is 30.0 Å². The van der Waals surface area contributed by atoms with Crippen LogP contribution in [0.1, 0.15) is 25.7 Å². The molecule has 2 rings (SSSR count). The largest absolute Gasteiger partial charge is 0.328 e. The first-order chi connectivity index (χ1) is 7.75. The predicted octanol–water partition coefficient (Wildman–Crippen LogP) is 1.54. The highest BCUT2D eigenvalue weighted by atomic mass is 16.1. The summed E-state index contributed by atoms with van der Waals surface area (Å²) in [4.78, 5) is 15.8. The molecule has 0 radical (unpaired) electrons. The zero-order chi connectivity index (χ0) is 11.4. The van der Waals surface area contributed by atoms with E-state index in [4.69, 9.17) is 5.73 Å². The molecule has 4 heteroatoms. The van der Waals surface area contributed by atoms with Crippen molar-refractivity contribution in [2.45, 2.75) is 31.7 Å². The van der Waals surface area contributed by atoms with Crippen molar-refractivity contribution in [2.75, 3.05) is 5.32 Å². The topological polar surface area (TPSA) is 68.0 Å². The molecule has 0 unspecified atom stereocenters. The summed E-state index contributed by atoms with van der Waals surface area (Å²) in [5.74, 6) is 0.228. The van der Waals surface area contributed by atoms with E-state index in [9.17, 15) is 4.79 Å². The third kappa shape index (κ3) is 2.79. The maximum Gasteiger partial charge on any atom is 0.227 e. The lowest BCUT2D eigenvalue weighted by Crippen LogP contribution is -2.32. The number of nitrogens with zero attached hydrogens (tertiary/aromatic N) is 1. The number of anilines is 1. The molecule has 1 saturated carbocycles. The number of pyridine rings is 1. The van der Waals surface area contributed by atoms with E-state index in [1.165, 1.54) is 0 Å². The number of nitrogens with two attached hydrogens (primary N) is 1. The molecule has 1 aliphatic rings. The lowest BCUT2D eigenvalue weighted by Gasteiger charge is -2.25. The lowest BCUT2D eigenvalue weighted by atomic mass is 9.86. The van der Waals surface area contributed by atoms with Crippen LogP contribution in [0.5, 0.6) is 0 Å². The van der Waals surface area contributed by atoms with Gasteiger partial charge in [0.05, 0.1) is 0 Å². The number of rotatable bonds is 2. The highest BCUT2D eigenvalue weighted by Crippen LogP contribution is 2.24. The van der Waals surface area contributed by atoms with Crippen LogP contribution in [0.4, 0.5) is 5.69 Å². The zero-order valence-electron chi connectivity index (χ0n) is 9.23. The molecule has 4 nitrogen and oxygen atoms in total. The smallest absolute Gasteiger partial charge is 0.227 e. The van der Waals surface area contributed by atoms with Crippen molar-refractivity contribution < 1.29 is 4.79 Å². The van der Waals surface area contributed by atoms with Gasteiger partial charge >= 0.3 is 0 Å². The average Bonchev–Trinajstić information content (AvgIpc) is 2.31. The average molecular weight is 219 g/mol. The molecule has 1 heterocycles. The van der Waals surface area contributed by atoms with Crippen molar-refractivity contribution >= 4 is 11.6 Å². The molecule has 1 aromatic heterocycles. The van der Waals surface area contributed by atoms with Gasteiger partial charge in [-0.3, -0.25) is 9.78 Å². The number of carbonyl (C=O) groups is 1. The molecule has 0 saturated heterocycles. The summed E-state index contributed by atoms with van der Waals surface area (Å²) in [7, 11) is 0. The number of hydrogen-bond acceptors (Lipinski definition) is 3. The monoisotopic (exact) mass is 219 g/mol. The molecule has 1 aliphatic carbocycles. The first-order valence-electron chi connectivity index (χ1n) is 5.72. The summed E-state index contributed by atoms with van der Waals surface area (Å²) in [6.07, 6.45) is 7.05. The minimum Gasteiger partial charge on any atom is -0.328 e. The van der Waals surface area contributed by atoms with Crippen molar-refractivity contribution in [3.05, 3.63) is 24.5 Å². The Hall–Kier alpha value is -1.42. The summed E-state index contributed by atoms with van der Waals surface area (Å²) in [6.45, 7) is 0. The normalized spacial score (nSPS) is 25.1. The Labute approximate surface area is 95.3 Å². The van der Waals surface area contributed by atoms with E-state index >= 15 is 0 Å². The number of aromatic nitrogens is 1. The van der Waals surface area contributed by atoms with Gasteiger partial charge in [-0.05, 0) is 37.8 Å². The van der Waals surface area contributed by atoms with E-state index < -0.39 is 0 Å². The van der Waals surface area contributed by atoms with Crippen LogP contribution >= 0.6 is 0 Å². The van der Waals surface area contributed by atoms with E-state index in [-0.39, 0.29) is 17.9 Å². The van der Waals surface area contributed by atoms with Gasteiger partial charge < -0.3 is 11.1 Å². The molecule has 86 valence electrons. The standard InChI is InChI=1S/C12H17N3O/c13-10-3-1-9(2-4-10)12(16)15-11-5-7-14-8-6-11/h5-10H,1-4,13H2,(H,14,15,16)/t9-,10-. The Morgan fingerprint density at radius 2 is 1.88 bits per heavy atom. The Morgan fingerprint density at radius 3 is 2.50 bits per heavy atom. The maximum atomic E-state index is 11.9. The number of carbonyl (C=O) groups excluding carboxylic acids is 1. The molecule has 3 N–H and O–H groups in total. The van der Waals surface area contributed by atoms with Gasteiger partial charge in [-0.1, -0.05) is 0 Å². The quantitative estimate of drug-likeness (QED) is 0.792. The van der Waals surface area contributed by atoms with Crippen LogP contribution in [0.15, 0.2) is 24.5 Å². The summed E-state index contributed by atoms with van der Waals surface area (Å²) in [5, 5.41) is 2.91. The molecule has 0 aliphatic heterocycles. The number of hydrogen-bond donors (Lipinski definition) is 2. The second kappa shape index (κ2) is 5.07. The third-order valence-electron chi connectivity index (χ3n) is 3.09. The van der Waals surface area contributed by atoms with Gasteiger partial charge in [-0.15, -0.1) is 0 Å². The molecule has 0 spiro atoms. The van der Waals surface area contributed by atoms with E-state index in [1.54, 1.807) is 24.5 Å². The van der Waals surface area contributed by atoms with E-state index in [0.717, 1.165) is 31.4 Å². The number of nitrogens with one attached hydrogen (secondary N) is 1. The zero-order valence-corrected chi connectivity index (χ0v) is 9.23. The van der Waals surface area contributed by atoms with Gasteiger partial charge in [0.25, 0.3) is 0 Å². The molecule has 0 atom stereocenters. The minimum absolute atomic E-state index is 0.109. The third-order valence-corrected chi connectivity index (χ3v) is 3.09. The molecule has 0 bridgehead atoms. The van der Waals surface area contributed by atoms with Gasteiger partial charge in [-0.2, -0.15) is 0 Å². The van der Waals surface area contributed by atoms with Gasteiger partial charge in [0.15, 0.2) is 0 Å². The van der Waals surface area contributed by atoms with Crippen LogP contribution in [0, 0.1) is 5.92 Å². The van der Waals surface area contributed by atoms with Crippen molar-refractivity contribution in [1.29, 1.82) is 0 Å². The van der Waals surface area contributed by atoms with Crippen molar-refractivity contribution in [3.63, 3.8) is 0 Å². The van der Waals surface area contributed by atoms with E-state index in [2.05, 4.69) is 10.3 Å². The first-order valence-corrected chi connectivity index (χ1v) is 5.72. The summed E-state index contributed by atoms with van der Waals surface area (Å²) in [5.41, 5.74) is 6.62. The van der Waals surface area contributed by atoms with E-state index in [1.807, 2.05) is 0 Å². The van der Waals surface area contributed by atoms with Gasteiger partial charge in [-0.25, -0.2) is 0 Å². The second-order valence-electron chi connectivity index (χ2n) is 4.34. The minimum atomic E-state index is 0.109. The Kier molecular flexibility index (Phi) is 3.51. The Bertz CT molecular complexity index is 345. The highest BCUT2D eigenvalue weighted by molar-refractivity contribution is 5.92. The van der Waals surface area contributed by atoms with Gasteiger partial charge in [0.1, 0.15) is 0 Å². The van der Waals surface area contributed by atoms with Crippen LogP contribution in [-0.4, -0.2) is 16.9 Å². The lowest BCUT2D eigenvalue weighted by molar-refractivity contribution is -0.120. The molecular weight excluding hydrogens is 202 g/mol. The molecular formula is C12H17N3O. The maximum absolute atomic E-state index is 11.9. The molecule has 1 aromatic rings. The number of amides is 1. The van der Waals surface area contributed by atoms with E-state index in [0.29, 0.717) is 0 Å². The first kappa shape index (κ1) is 11.1. The SMILES string of the molecule is N[C@H]1CC[C@H](C(=O)Nc2ccncc2)CC1. The molecule has 16 heavy (non-hydrogen) atoms. The fourth-order valence-electron chi connectivity index (χ4n) is 2.06. The fourth-order valence-corrected chi connectivity index (χ4v) is 2.06. The van der Waals surface area contributed by atoms with Crippen LogP contribution in [-0.2, 0) is 4.79 Å². The van der Waals surface area contributed by atoms with Crippen LogP contribution in [0.25, 0.3) is 0 Å². The summed E-state index contributed by atoms with van der Waals surface area (Å²) < 4.78 is 0. The molecule has 1 amide bonds. The molecule has 1 fully saturated rings. The van der Waals surface area contributed by atoms with Crippen LogP contribution in [0.3, 0.4) is 0 Å². The van der Waals surface area contributed by atoms with Crippen LogP contribution in [0.2, 0.25) is 0 Å². The molecule has 0 aromatic carbocycles. The van der Waals surface area contributed by atoms with Crippen molar-refractivity contribution in [2.24, 2.45) is 11.7 Å². The van der Waals surface area contributed by atoms with Gasteiger partial charge in [0.2, 0.25) is 5.91 Å². The highest BCUT2D eigenvalue weighted by Gasteiger charge is 2.24.